The van der Waals surface area contributed by atoms with Gasteiger partial charge in [0.2, 0.25) is 0 Å². The van der Waals surface area contributed by atoms with Crippen molar-refractivity contribution in [3.05, 3.63) is 24.3 Å². The highest BCUT2D eigenvalue weighted by Crippen LogP contribution is 2.28. The van der Waals surface area contributed by atoms with Crippen LogP contribution in [-0.2, 0) is 14.3 Å². The Kier molecular flexibility index (Phi) is 9.39. The standard InChI is InChI=1S/C22H35N5O4/c1-30-20-6-3-2-5-19(20)27-13-11-25(12-14-27)9-4-7-23-21(28)22(29)24-8-10-26-15-17-31-18-16-26/h2-3,5-6H,4,7-18H2,1H3,(H,23,28)(H,24,29). The normalized spacial score (nSPS) is 17.9. The van der Waals surface area contributed by atoms with Crippen LogP contribution in [0.3, 0.4) is 0 Å². The van der Waals surface area contributed by atoms with Crippen LogP contribution in [0.2, 0.25) is 0 Å². The van der Waals surface area contributed by atoms with E-state index in [-0.39, 0.29) is 0 Å². The van der Waals surface area contributed by atoms with E-state index in [2.05, 4.69) is 31.4 Å². The van der Waals surface area contributed by atoms with E-state index in [4.69, 9.17) is 9.47 Å². The topological polar surface area (TPSA) is 86.4 Å². The van der Waals surface area contributed by atoms with Crippen molar-refractivity contribution in [2.45, 2.75) is 6.42 Å². The molecule has 0 saturated carbocycles. The molecule has 0 spiro atoms. The summed E-state index contributed by atoms with van der Waals surface area (Å²) in [7, 11) is 1.70. The molecule has 0 aliphatic carbocycles. The van der Waals surface area contributed by atoms with E-state index in [1.54, 1.807) is 7.11 Å². The average molecular weight is 434 g/mol. The fourth-order valence-corrected chi connectivity index (χ4v) is 3.92. The first-order valence-electron chi connectivity index (χ1n) is 11.1. The first-order valence-corrected chi connectivity index (χ1v) is 11.1. The molecule has 2 aliphatic rings. The summed E-state index contributed by atoms with van der Waals surface area (Å²) in [6, 6.07) is 8.10. The van der Waals surface area contributed by atoms with Gasteiger partial charge in [-0.3, -0.25) is 19.4 Å². The van der Waals surface area contributed by atoms with Crippen molar-refractivity contribution >= 4 is 17.5 Å². The molecule has 1 aromatic carbocycles. The van der Waals surface area contributed by atoms with Gasteiger partial charge < -0.3 is 25.0 Å². The lowest BCUT2D eigenvalue weighted by atomic mass is 10.2. The number of carbonyl (C=O) groups is 2. The molecule has 0 aromatic heterocycles. The zero-order chi connectivity index (χ0) is 21.9. The number of benzene rings is 1. The molecule has 0 bridgehead atoms. The summed E-state index contributed by atoms with van der Waals surface area (Å²) in [6.07, 6.45) is 0.821. The maximum atomic E-state index is 11.9. The summed E-state index contributed by atoms with van der Waals surface area (Å²) in [5.41, 5.74) is 1.14. The number of nitrogens with one attached hydrogen (secondary N) is 2. The smallest absolute Gasteiger partial charge is 0.309 e. The third-order valence-corrected chi connectivity index (χ3v) is 5.76. The summed E-state index contributed by atoms with van der Waals surface area (Å²) in [5.74, 6) is -0.205. The number of hydrogen-bond donors (Lipinski definition) is 2. The van der Waals surface area contributed by atoms with Crippen LogP contribution in [0.4, 0.5) is 5.69 Å². The fraction of sp³-hybridized carbons (Fsp3) is 0.636. The first kappa shape index (κ1) is 23.3. The molecular formula is C22H35N5O4. The number of morpholine rings is 1. The second-order valence-corrected chi connectivity index (χ2v) is 7.82. The lowest BCUT2D eigenvalue weighted by Gasteiger charge is -2.36. The van der Waals surface area contributed by atoms with E-state index in [9.17, 15) is 9.59 Å². The van der Waals surface area contributed by atoms with E-state index in [0.717, 1.165) is 83.4 Å². The minimum absolute atomic E-state index is 0.475. The quantitative estimate of drug-likeness (QED) is 0.411. The second-order valence-electron chi connectivity index (χ2n) is 7.82. The van der Waals surface area contributed by atoms with Crippen molar-refractivity contribution in [3.8, 4) is 5.75 Å². The largest absolute Gasteiger partial charge is 0.495 e. The molecule has 1 aromatic rings. The van der Waals surface area contributed by atoms with Crippen molar-refractivity contribution in [3.63, 3.8) is 0 Å². The monoisotopic (exact) mass is 433 g/mol. The third kappa shape index (κ3) is 7.37. The zero-order valence-corrected chi connectivity index (χ0v) is 18.5. The maximum Gasteiger partial charge on any atom is 0.309 e. The number of carbonyl (C=O) groups excluding carboxylic acids is 2. The summed E-state index contributed by atoms with van der Waals surface area (Å²) in [5, 5.41) is 5.41. The van der Waals surface area contributed by atoms with Gasteiger partial charge in [0.05, 0.1) is 26.0 Å². The van der Waals surface area contributed by atoms with E-state index >= 15 is 0 Å². The molecule has 9 heteroatoms. The second kappa shape index (κ2) is 12.5. The molecule has 2 amide bonds. The number of hydrogen-bond acceptors (Lipinski definition) is 7. The summed E-state index contributed by atoms with van der Waals surface area (Å²) in [4.78, 5) is 30.8. The molecule has 0 radical (unpaired) electrons. The molecule has 2 aliphatic heterocycles. The van der Waals surface area contributed by atoms with Gasteiger partial charge in [-0.2, -0.15) is 0 Å². The number of methoxy groups -OCH3 is 1. The number of rotatable bonds is 9. The SMILES string of the molecule is COc1ccccc1N1CCN(CCCNC(=O)C(=O)NCCN2CCOCC2)CC1. The van der Waals surface area contributed by atoms with Crippen LogP contribution in [0.15, 0.2) is 24.3 Å². The van der Waals surface area contributed by atoms with Crippen LogP contribution in [0.1, 0.15) is 6.42 Å². The number of amides is 2. The van der Waals surface area contributed by atoms with E-state index < -0.39 is 11.8 Å². The Bertz CT molecular complexity index is 703. The van der Waals surface area contributed by atoms with E-state index in [1.165, 1.54) is 0 Å². The van der Waals surface area contributed by atoms with Crippen LogP contribution in [0.25, 0.3) is 0 Å². The van der Waals surface area contributed by atoms with Crippen molar-refractivity contribution < 1.29 is 19.1 Å². The molecule has 0 unspecified atom stereocenters. The molecule has 2 fully saturated rings. The first-order chi connectivity index (χ1) is 15.2. The van der Waals surface area contributed by atoms with Crippen LogP contribution in [0, 0.1) is 0 Å². The van der Waals surface area contributed by atoms with Gasteiger partial charge >= 0.3 is 11.8 Å². The Morgan fingerprint density at radius 3 is 2.26 bits per heavy atom. The van der Waals surface area contributed by atoms with Gasteiger partial charge in [0.25, 0.3) is 0 Å². The number of ether oxygens (including phenoxy) is 2. The maximum absolute atomic E-state index is 11.9. The van der Waals surface area contributed by atoms with Crippen molar-refractivity contribution in [1.82, 2.24) is 20.4 Å². The average Bonchev–Trinajstić information content (AvgIpc) is 2.82. The highest BCUT2D eigenvalue weighted by molar-refractivity contribution is 6.35. The highest BCUT2D eigenvalue weighted by atomic mass is 16.5. The Balaban J connectivity index is 1.25. The van der Waals surface area contributed by atoms with E-state index in [1.807, 2.05) is 18.2 Å². The van der Waals surface area contributed by atoms with Gasteiger partial charge in [-0.1, -0.05) is 12.1 Å². The molecule has 31 heavy (non-hydrogen) atoms. The van der Waals surface area contributed by atoms with Crippen LogP contribution < -0.4 is 20.3 Å². The van der Waals surface area contributed by atoms with Gasteiger partial charge in [-0.25, -0.2) is 0 Å². The minimum atomic E-state index is -0.557. The summed E-state index contributed by atoms with van der Waals surface area (Å²) in [6.45, 7) is 9.63. The van der Waals surface area contributed by atoms with Crippen LogP contribution >= 0.6 is 0 Å². The number of nitrogens with zero attached hydrogens (tertiary/aromatic N) is 3. The van der Waals surface area contributed by atoms with Crippen LogP contribution in [-0.4, -0.2) is 107 Å². The molecule has 9 nitrogen and oxygen atoms in total. The zero-order valence-electron chi connectivity index (χ0n) is 18.5. The minimum Gasteiger partial charge on any atom is -0.495 e. The van der Waals surface area contributed by atoms with Gasteiger partial charge in [0, 0.05) is 58.9 Å². The van der Waals surface area contributed by atoms with Crippen molar-refractivity contribution in [2.75, 3.05) is 90.7 Å². The summed E-state index contributed by atoms with van der Waals surface area (Å²) < 4.78 is 10.8. The summed E-state index contributed by atoms with van der Waals surface area (Å²) >= 11 is 0. The van der Waals surface area contributed by atoms with Crippen molar-refractivity contribution in [1.29, 1.82) is 0 Å². The lowest BCUT2D eigenvalue weighted by molar-refractivity contribution is -0.139. The Labute approximate surface area is 184 Å². The molecule has 2 saturated heterocycles. The number of anilines is 1. The van der Waals surface area contributed by atoms with Crippen LogP contribution in [0.5, 0.6) is 5.75 Å². The molecule has 2 heterocycles. The van der Waals surface area contributed by atoms with Crippen molar-refractivity contribution in [2.24, 2.45) is 0 Å². The predicted octanol–water partition coefficient (Wildman–Crippen LogP) is -0.228. The highest BCUT2D eigenvalue weighted by Gasteiger charge is 2.19. The molecule has 172 valence electrons. The number of para-hydroxylation sites is 2. The Morgan fingerprint density at radius 1 is 0.903 bits per heavy atom. The predicted molar refractivity (Wildman–Crippen MR) is 120 cm³/mol. The molecule has 2 N–H and O–H groups in total. The van der Waals surface area contributed by atoms with E-state index in [0.29, 0.717) is 13.1 Å². The van der Waals surface area contributed by atoms with Gasteiger partial charge in [-0.05, 0) is 25.1 Å². The fourth-order valence-electron chi connectivity index (χ4n) is 3.92. The van der Waals surface area contributed by atoms with Gasteiger partial charge in [0.1, 0.15) is 5.75 Å². The third-order valence-electron chi connectivity index (χ3n) is 5.76. The number of piperazine rings is 1. The molecule has 3 rings (SSSR count). The molecule has 0 atom stereocenters. The molecular weight excluding hydrogens is 398 g/mol. The lowest BCUT2D eigenvalue weighted by Crippen LogP contribution is -2.47. The van der Waals surface area contributed by atoms with Gasteiger partial charge in [0.15, 0.2) is 0 Å². The van der Waals surface area contributed by atoms with Gasteiger partial charge in [-0.15, -0.1) is 0 Å². The Morgan fingerprint density at radius 2 is 1.55 bits per heavy atom. The Hall–Kier alpha value is -2.36.